The van der Waals surface area contributed by atoms with Crippen molar-refractivity contribution >= 4 is 0 Å². The largest absolute Gasteiger partial charge is 0.416 e. The summed E-state index contributed by atoms with van der Waals surface area (Å²) in [6.07, 6.45) is -0.906. The van der Waals surface area contributed by atoms with Gasteiger partial charge in [0.1, 0.15) is 0 Å². The summed E-state index contributed by atoms with van der Waals surface area (Å²) in [5.74, 6) is 0. The van der Waals surface area contributed by atoms with E-state index in [1.807, 2.05) is 26.1 Å². The predicted molar refractivity (Wildman–Crippen MR) is 85.4 cm³/mol. The van der Waals surface area contributed by atoms with Gasteiger partial charge in [0.25, 0.3) is 0 Å². The summed E-state index contributed by atoms with van der Waals surface area (Å²) in [7, 11) is 0. The lowest BCUT2D eigenvalue weighted by Crippen LogP contribution is -2.42. The lowest BCUT2D eigenvalue weighted by molar-refractivity contribution is -0.137. The summed E-state index contributed by atoms with van der Waals surface area (Å²) >= 11 is 0. The van der Waals surface area contributed by atoms with Gasteiger partial charge in [0, 0.05) is 25.0 Å². The fourth-order valence-electron chi connectivity index (χ4n) is 2.41. The first kappa shape index (κ1) is 18.5. The van der Waals surface area contributed by atoms with Crippen molar-refractivity contribution in [2.75, 3.05) is 6.54 Å². The zero-order valence-electron chi connectivity index (χ0n) is 13.9. The Kier molecular flexibility index (Phi) is 5.35. The van der Waals surface area contributed by atoms with E-state index in [-0.39, 0.29) is 24.2 Å². The molecule has 4 nitrogen and oxygen atoms in total. The van der Waals surface area contributed by atoms with Crippen LogP contribution in [0.1, 0.15) is 37.9 Å². The number of aromatic nitrogens is 2. The van der Waals surface area contributed by atoms with Crippen LogP contribution < -0.4 is 5.32 Å². The maximum Gasteiger partial charge on any atom is 0.416 e. The quantitative estimate of drug-likeness (QED) is 0.847. The fraction of sp³-hybridized carbons (Fsp3) is 0.471. The van der Waals surface area contributed by atoms with Gasteiger partial charge in [0.15, 0.2) is 0 Å². The summed E-state index contributed by atoms with van der Waals surface area (Å²) in [6.45, 7) is 5.54. The molecule has 1 heterocycles. The van der Waals surface area contributed by atoms with E-state index < -0.39 is 17.3 Å². The highest BCUT2D eigenvalue weighted by Gasteiger charge is 2.33. The highest BCUT2D eigenvalue weighted by molar-refractivity contribution is 5.29. The van der Waals surface area contributed by atoms with Crippen molar-refractivity contribution < 1.29 is 18.3 Å². The van der Waals surface area contributed by atoms with Crippen molar-refractivity contribution in [2.45, 2.75) is 44.6 Å². The minimum atomic E-state index is -4.43. The Bertz CT molecular complexity index is 653. The Morgan fingerprint density at radius 1 is 1.21 bits per heavy atom. The van der Waals surface area contributed by atoms with Gasteiger partial charge in [-0.15, -0.1) is 0 Å². The molecule has 24 heavy (non-hydrogen) atoms. The second-order valence-corrected chi connectivity index (χ2v) is 6.25. The first-order chi connectivity index (χ1) is 11.1. The molecule has 7 heteroatoms. The van der Waals surface area contributed by atoms with E-state index in [2.05, 4.69) is 10.4 Å². The Morgan fingerprint density at radius 2 is 1.88 bits per heavy atom. The van der Waals surface area contributed by atoms with Crippen molar-refractivity contribution in [1.29, 1.82) is 0 Å². The van der Waals surface area contributed by atoms with Crippen molar-refractivity contribution in [2.24, 2.45) is 0 Å². The number of benzene rings is 1. The maximum absolute atomic E-state index is 12.8. The van der Waals surface area contributed by atoms with Crippen LogP contribution in [-0.4, -0.2) is 27.5 Å². The van der Waals surface area contributed by atoms with Crippen LogP contribution in [0.3, 0.4) is 0 Å². The van der Waals surface area contributed by atoms with E-state index in [1.54, 1.807) is 10.9 Å². The van der Waals surface area contributed by atoms with E-state index in [1.165, 1.54) is 19.1 Å². The minimum Gasteiger partial charge on any atom is -0.384 e. The van der Waals surface area contributed by atoms with Gasteiger partial charge in [-0.1, -0.05) is 12.1 Å². The number of nitrogens with one attached hydrogen (secondary N) is 1. The van der Waals surface area contributed by atoms with Gasteiger partial charge in [-0.3, -0.25) is 4.68 Å². The van der Waals surface area contributed by atoms with Gasteiger partial charge in [-0.25, -0.2) is 0 Å². The molecule has 0 bridgehead atoms. The van der Waals surface area contributed by atoms with Crippen LogP contribution in [0, 0.1) is 0 Å². The Hall–Kier alpha value is -1.86. The average molecular weight is 341 g/mol. The molecule has 3 atom stereocenters. The molecule has 2 N–H and O–H groups in total. The maximum atomic E-state index is 12.8. The molecule has 132 valence electrons. The smallest absolute Gasteiger partial charge is 0.384 e. The second kappa shape index (κ2) is 6.94. The molecule has 0 saturated heterocycles. The number of alkyl halides is 3. The fourth-order valence-corrected chi connectivity index (χ4v) is 2.41. The van der Waals surface area contributed by atoms with Gasteiger partial charge < -0.3 is 10.4 Å². The molecule has 0 amide bonds. The standard InChI is InChI=1S/C17H22F3N3O/c1-12(13(2)23-9-5-8-22-23)21-11-16(3,24)14-6-4-7-15(10-14)17(18,19)20/h4-10,12-13,21,24H,11H2,1-3H3/t12-,13-,16-/m0/s1. The van der Waals surface area contributed by atoms with Gasteiger partial charge in [0.05, 0.1) is 17.2 Å². The van der Waals surface area contributed by atoms with Crippen LogP contribution in [0.4, 0.5) is 13.2 Å². The lowest BCUT2D eigenvalue weighted by Gasteiger charge is -2.29. The summed E-state index contributed by atoms with van der Waals surface area (Å²) in [5, 5.41) is 17.9. The highest BCUT2D eigenvalue weighted by atomic mass is 19.4. The van der Waals surface area contributed by atoms with Crippen LogP contribution in [0.2, 0.25) is 0 Å². The lowest BCUT2D eigenvalue weighted by atomic mass is 9.93. The Balaban J connectivity index is 2.05. The molecule has 0 unspecified atom stereocenters. The molecule has 1 aromatic carbocycles. The average Bonchev–Trinajstić information content (AvgIpc) is 3.05. The highest BCUT2D eigenvalue weighted by Crippen LogP contribution is 2.32. The van der Waals surface area contributed by atoms with Crippen LogP contribution in [0.25, 0.3) is 0 Å². The number of rotatable bonds is 6. The van der Waals surface area contributed by atoms with E-state index in [4.69, 9.17) is 0 Å². The molecular formula is C17H22F3N3O. The van der Waals surface area contributed by atoms with E-state index in [0.717, 1.165) is 12.1 Å². The molecule has 1 aromatic heterocycles. The topological polar surface area (TPSA) is 50.1 Å². The molecule has 0 aliphatic rings. The summed E-state index contributed by atoms with van der Waals surface area (Å²) in [4.78, 5) is 0. The number of hydrogen-bond acceptors (Lipinski definition) is 3. The first-order valence-electron chi connectivity index (χ1n) is 7.74. The molecule has 0 aliphatic carbocycles. The number of nitrogens with zero attached hydrogens (tertiary/aromatic N) is 2. The number of aliphatic hydroxyl groups is 1. The Morgan fingerprint density at radius 3 is 2.46 bits per heavy atom. The molecular weight excluding hydrogens is 319 g/mol. The van der Waals surface area contributed by atoms with Gasteiger partial charge >= 0.3 is 6.18 Å². The normalized spacial score (nSPS) is 17.3. The second-order valence-electron chi connectivity index (χ2n) is 6.25. The van der Waals surface area contributed by atoms with Crippen molar-refractivity contribution in [3.63, 3.8) is 0 Å². The van der Waals surface area contributed by atoms with Crippen LogP contribution >= 0.6 is 0 Å². The van der Waals surface area contributed by atoms with Gasteiger partial charge in [-0.2, -0.15) is 18.3 Å². The molecule has 0 fully saturated rings. The third-order valence-electron chi connectivity index (χ3n) is 4.25. The zero-order chi connectivity index (χ0) is 18.0. The SMILES string of the molecule is C[C@H](NC[C@](C)(O)c1cccc(C(F)(F)F)c1)[C@H](C)n1cccn1. The summed E-state index contributed by atoms with van der Waals surface area (Å²) < 4.78 is 40.3. The number of hydrogen-bond donors (Lipinski definition) is 2. The monoisotopic (exact) mass is 341 g/mol. The van der Waals surface area contributed by atoms with Gasteiger partial charge in [-0.05, 0) is 44.5 Å². The van der Waals surface area contributed by atoms with Crippen LogP contribution in [-0.2, 0) is 11.8 Å². The van der Waals surface area contributed by atoms with Crippen molar-refractivity contribution in [3.8, 4) is 0 Å². The molecule has 0 saturated carbocycles. The third kappa shape index (κ3) is 4.36. The predicted octanol–water partition coefficient (Wildman–Crippen LogP) is 3.35. The van der Waals surface area contributed by atoms with E-state index in [9.17, 15) is 18.3 Å². The van der Waals surface area contributed by atoms with E-state index in [0.29, 0.717) is 0 Å². The molecule has 0 radical (unpaired) electrons. The van der Waals surface area contributed by atoms with E-state index >= 15 is 0 Å². The summed E-state index contributed by atoms with van der Waals surface area (Å²) in [6, 6.07) is 6.63. The van der Waals surface area contributed by atoms with Crippen molar-refractivity contribution in [1.82, 2.24) is 15.1 Å². The molecule has 2 aromatic rings. The third-order valence-corrected chi connectivity index (χ3v) is 4.25. The van der Waals surface area contributed by atoms with Gasteiger partial charge in [0.2, 0.25) is 0 Å². The first-order valence-corrected chi connectivity index (χ1v) is 7.74. The molecule has 0 spiro atoms. The van der Waals surface area contributed by atoms with Crippen LogP contribution in [0.15, 0.2) is 42.7 Å². The Labute approximate surface area is 139 Å². The van der Waals surface area contributed by atoms with Crippen LogP contribution in [0.5, 0.6) is 0 Å². The zero-order valence-corrected chi connectivity index (χ0v) is 13.9. The minimum absolute atomic E-state index is 0.0258. The number of halogens is 3. The molecule has 0 aliphatic heterocycles. The molecule has 2 rings (SSSR count). The summed E-state index contributed by atoms with van der Waals surface area (Å²) in [5.41, 5.74) is -1.96. The van der Waals surface area contributed by atoms with Crippen molar-refractivity contribution in [3.05, 3.63) is 53.9 Å².